The molecule has 360 valence electrons. The van der Waals surface area contributed by atoms with Gasteiger partial charge in [0.1, 0.15) is 35.7 Å². The van der Waals surface area contributed by atoms with Crippen LogP contribution in [0.3, 0.4) is 0 Å². The minimum Gasteiger partial charge on any atom is -0.370 e. The van der Waals surface area contributed by atoms with Crippen LogP contribution in [0.2, 0.25) is 0 Å². The Morgan fingerprint density at radius 1 is 0.721 bits per heavy atom. The molecule has 7 rings (SSSR count). The molecule has 0 unspecified atom stereocenters. The highest BCUT2D eigenvalue weighted by atomic mass is 16.2. The number of hydrogen-bond acceptors (Lipinski definition) is 9. The normalized spacial score (nSPS) is 23.5. The number of nitrogens with two attached hydrogens (primary N) is 3. The number of hydrogen-bond donors (Lipinski definition) is 10. The van der Waals surface area contributed by atoms with Crippen LogP contribution < -0.4 is 49.1 Å². The summed E-state index contributed by atoms with van der Waals surface area (Å²) in [4.78, 5) is 121. The lowest BCUT2D eigenvalue weighted by molar-refractivity contribution is -0.146. The Balaban J connectivity index is 1.26. The summed E-state index contributed by atoms with van der Waals surface area (Å²) in [7, 11) is 0. The second-order valence-electron chi connectivity index (χ2n) is 17.8. The third kappa shape index (κ3) is 11.5. The Bertz CT molecular complexity index is 2580. The zero-order valence-corrected chi connectivity index (χ0v) is 37.8. The molecule has 2 saturated heterocycles. The first kappa shape index (κ1) is 48.4. The van der Waals surface area contributed by atoms with E-state index in [2.05, 4.69) is 41.9 Å². The van der Waals surface area contributed by atoms with Gasteiger partial charge in [-0.3, -0.25) is 38.6 Å². The van der Waals surface area contributed by atoms with E-state index >= 15 is 0 Å². The molecular weight excluding hydrogens is 873 g/mol. The summed E-state index contributed by atoms with van der Waals surface area (Å²) in [5.41, 5.74) is 17.4. The maximum absolute atomic E-state index is 14.9. The van der Waals surface area contributed by atoms with Crippen LogP contribution in [-0.2, 0) is 46.4 Å². The minimum atomic E-state index is -1.70. The first-order valence-corrected chi connectivity index (χ1v) is 23.2. The molecule has 3 aromatic carbocycles. The van der Waals surface area contributed by atoms with Gasteiger partial charge in [0.2, 0.25) is 35.4 Å². The van der Waals surface area contributed by atoms with Crippen molar-refractivity contribution in [3.05, 3.63) is 84.1 Å². The lowest BCUT2D eigenvalue weighted by Crippen LogP contribution is -2.65. The topological polar surface area (TPSA) is 318 Å². The second kappa shape index (κ2) is 21.9. The fourth-order valence-corrected chi connectivity index (χ4v) is 9.43. The smallest absolute Gasteiger partial charge is 0.325 e. The standard InChI is InChI=1S/C48H60N12O8/c49-40(62)34-15-6-9-21-52-39(61)26-38-44(66)60(47(68)59-38)48(19-7-1-8-20-48)45(67)58-36(24-28-17-18-29-11-2-3-12-30(29)23-28)42(64)56-35(16-10-22-53-46(50)51)41(63)57-37(43(65)55-34)25-31-27-54-33-14-5-4-13-32(31)33/h2-5,11-14,17-18,23,27,34-38,54H,1,6-10,15-16,19-22,24-26H2,(H2,49,62)(H,52,61)(H,55,65)(H,56,64)(H,57,63)(H,58,67)(H,59,68)(H4,50,51,53)/t34-,35-,36+,37-,38-/m0/s1. The van der Waals surface area contributed by atoms with E-state index in [0.717, 1.165) is 33.0 Å². The van der Waals surface area contributed by atoms with Crippen molar-refractivity contribution in [2.24, 2.45) is 22.2 Å². The molecular formula is C48H60N12O8. The Morgan fingerprint density at radius 3 is 2.18 bits per heavy atom. The predicted molar refractivity (Wildman–Crippen MR) is 253 cm³/mol. The lowest BCUT2D eigenvalue weighted by atomic mass is 9.79. The number of H-pyrrole nitrogens is 1. The average Bonchev–Trinajstić information content (AvgIpc) is 3.86. The van der Waals surface area contributed by atoms with Crippen LogP contribution in [0.25, 0.3) is 21.7 Å². The van der Waals surface area contributed by atoms with Crippen molar-refractivity contribution in [1.82, 2.24) is 41.8 Å². The van der Waals surface area contributed by atoms with E-state index in [9.17, 15) is 38.4 Å². The number of nitrogens with one attached hydrogen (secondary N) is 7. The number of primary amides is 1. The summed E-state index contributed by atoms with van der Waals surface area (Å²) < 4.78 is 0. The molecule has 5 atom stereocenters. The Kier molecular flexibility index (Phi) is 15.6. The Morgan fingerprint density at radius 2 is 1.41 bits per heavy atom. The predicted octanol–water partition coefficient (Wildman–Crippen LogP) is 0.898. The fourth-order valence-electron chi connectivity index (χ4n) is 9.43. The quantitative estimate of drug-likeness (QED) is 0.0489. The highest BCUT2D eigenvalue weighted by molar-refractivity contribution is 6.10. The largest absolute Gasteiger partial charge is 0.370 e. The molecule has 2 aliphatic heterocycles. The molecule has 1 aliphatic carbocycles. The second-order valence-corrected chi connectivity index (χ2v) is 17.8. The van der Waals surface area contributed by atoms with Crippen molar-refractivity contribution in [2.45, 2.75) is 119 Å². The van der Waals surface area contributed by atoms with Crippen molar-refractivity contribution < 1.29 is 38.4 Å². The number of aromatic nitrogens is 1. The van der Waals surface area contributed by atoms with E-state index in [0.29, 0.717) is 36.8 Å². The number of amides is 9. The number of imide groups is 1. The number of nitrogens with zero attached hydrogens (tertiary/aromatic N) is 2. The average molecular weight is 933 g/mol. The van der Waals surface area contributed by atoms with Gasteiger partial charge in [-0.15, -0.1) is 0 Å². The molecule has 20 heteroatoms. The molecule has 2 bridgehead atoms. The first-order valence-electron chi connectivity index (χ1n) is 23.2. The minimum absolute atomic E-state index is 0.0170. The van der Waals surface area contributed by atoms with Gasteiger partial charge in [0.15, 0.2) is 5.96 Å². The summed E-state index contributed by atoms with van der Waals surface area (Å²) in [5.74, 6) is -5.22. The SMILES string of the molecule is NC(=O)[C@@H]1CCCCNC(=O)C[C@@H]2NC(=O)N(C2=O)C2(CCCCC2)C(=O)N[C@H](Cc2ccc3ccccc3c2)C(=O)N[C@@H](CCCN=C(N)N)C(=O)N[C@@H](Cc2c[nH]c3ccccc23)C(=O)N1. The van der Waals surface area contributed by atoms with Crippen molar-refractivity contribution in [1.29, 1.82) is 0 Å². The van der Waals surface area contributed by atoms with Crippen molar-refractivity contribution in [2.75, 3.05) is 13.1 Å². The van der Waals surface area contributed by atoms with Crippen LogP contribution >= 0.6 is 0 Å². The number of aliphatic imine (C=N–C) groups is 1. The van der Waals surface area contributed by atoms with Gasteiger partial charge in [-0.25, -0.2) is 9.69 Å². The highest BCUT2D eigenvalue weighted by Gasteiger charge is 2.55. The molecule has 1 saturated carbocycles. The van der Waals surface area contributed by atoms with Crippen LogP contribution in [0.5, 0.6) is 0 Å². The van der Waals surface area contributed by atoms with E-state index in [1.807, 2.05) is 66.7 Å². The maximum Gasteiger partial charge on any atom is 0.325 e. The fraction of sp³-hybridized carbons (Fsp3) is 0.438. The number of fused-ring (bicyclic) bond motifs is 5. The number of guanidine groups is 1. The van der Waals surface area contributed by atoms with E-state index in [1.165, 1.54) is 0 Å². The van der Waals surface area contributed by atoms with E-state index < -0.39 is 89.6 Å². The van der Waals surface area contributed by atoms with Crippen molar-refractivity contribution in [3.63, 3.8) is 0 Å². The van der Waals surface area contributed by atoms with E-state index in [-0.39, 0.29) is 64.0 Å². The van der Waals surface area contributed by atoms with Gasteiger partial charge in [-0.05, 0) is 72.9 Å². The van der Waals surface area contributed by atoms with Crippen LogP contribution in [0.15, 0.2) is 77.9 Å². The summed E-state index contributed by atoms with van der Waals surface area (Å²) in [6, 6.07) is 13.4. The molecule has 3 aliphatic rings. The molecule has 1 aromatic heterocycles. The monoisotopic (exact) mass is 932 g/mol. The molecule has 4 aromatic rings. The number of para-hydroxylation sites is 1. The number of aromatic amines is 1. The lowest BCUT2D eigenvalue weighted by Gasteiger charge is -2.42. The third-order valence-electron chi connectivity index (χ3n) is 13.0. The van der Waals surface area contributed by atoms with Crippen LogP contribution in [-0.4, -0.2) is 112 Å². The maximum atomic E-state index is 14.9. The van der Waals surface area contributed by atoms with E-state index in [4.69, 9.17) is 17.2 Å². The van der Waals surface area contributed by atoms with Gasteiger partial charge in [0, 0.05) is 43.0 Å². The van der Waals surface area contributed by atoms with Gasteiger partial charge in [-0.1, -0.05) is 79.9 Å². The van der Waals surface area contributed by atoms with E-state index in [1.54, 1.807) is 6.20 Å². The molecule has 9 amide bonds. The van der Waals surface area contributed by atoms with Crippen LogP contribution in [0, 0.1) is 0 Å². The van der Waals surface area contributed by atoms with Crippen molar-refractivity contribution >= 4 is 75.0 Å². The molecule has 13 N–H and O–H groups in total. The molecule has 1 spiro atoms. The number of carbonyl (C=O) groups excluding carboxylic acids is 8. The van der Waals surface area contributed by atoms with Crippen LogP contribution in [0.4, 0.5) is 4.79 Å². The van der Waals surface area contributed by atoms with Crippen LogP contribution in [0.1, 0.15) is 81.8 Å². The van der Waals surface area contributed by atoms with Gasteiger partial charge in [-0.2, -0.15) is 0 Å². The highest BCUT2D eigenvalue weighted by Crippen LogP contribution is 2.37. The summed E-state index contributed by atoms with van der Waals surface area (Å²) >= 11 is 0. The van der Waals surface area contributed by atoms with Gasteiger partial charge >= 0.3 is 6.03 Å². The van der Waals surface area contributed by atoms with Crippen molar-refractivity contribution in [3.8, 4) is 0 Å². The number of urea groups is 1. The molecule has 0 radical (unpaired) electrons. The summed E-state index contributed by atoms with van der Waals surface area (Å²) in [5, 5.41) is 19.2. The van der Waals surface area contributed by atoms with Gasteiger partial charge < -0.3 is 54.1 Å². The molecule has 20 nitrogen and oxygen atoms in total. The molecule has 3 heterocycles. The molecule has 3 fully saturated rings. The first-order chi connectivity index (χ1) is 32.7. The third-order valence-corrected chi connectivity index (χ3v) is 13.0. The van der Waals surface area contributed by atoms with Gasteiger partial charge in [0.25, 0.3) is 5.91 Å². The molecule has 68 heavy (non-hydrogen) atoms. The summed E-state index contributed by atoms with van der Waals surface area (Å²) in [6.45, 7) is 0.238. The Labute approximate surface area is 392 Å². The number of rotatable bonds is 9. The number of benzene rings is 3. The zero-order valence-electron chi connectivity index (χ0n) is 37.8. The van der Waals surface area contributed by atoms with Gasteiger partial charge in [0.05, 0.1) is 6.42 Å². The number of carbonyl (C=O) groups is 8. The zero-order chi connectivity index (χ0) is 48.4. The Hall–Kier alpha value is -7.51. The summed E-state index contributed by atoms with van der Waals surface area (Å²) in [6.07, 6.45) is 4.19.